The van der Waals surface area contributed by atoms with Gasteiger partial charge >= 0.3 is 0 Å². The van der Waals surface area contributed by atoms with Gasteiger partial charge in [0.05, 0.1) is 39.5 Å². The van der Waals surface area contributed by atoms with Crippen molar-refractivity contribution in [3.8, 4) is 84.6 Å². The first-order chi connectivity index (χ1) is 43.6. The summed E-state index contributed by atoms with van der Waals surface area (Å²) in [7, 11) is 0. The molecule has 0 unspecified atom stereocenters. The van der Waals surface area contributed by atoms with Gasteiger partial charge in [-0.1, -0.05) is 224 Å². The van der Waals surface area contributed by atoms with Crippen LogP contribution in [-0.2, 0) is 0 Å². The third kappa shape index (κ3) is 8.60. The molecule has 3 aromatic heterocycles. The van der Waals surface area contributed by atoms with Gasteiger partial charge in [-0.2, -0.15) is 0 Å². The highest BCUT2D eigenvalue weighted by atomic mass is 15.2. The predicted octanol–water partition coefficient (Wildman–Crippen LogP) is 18.1. The molecule has 0 aliphatic carbocycles. The van der Waals surface area contributed by atoms with Gasteiger partial charge in [0.15, 0.2) is 11.6 Å². The summed E-state index contributed by atoms with van der Waals surface area (Å²) in [6.07, 6.45) is 0. The van der Waals surface area contributed by atoms with Crippen molar-refractivity contribution >= 4 is 79.0 Å². The van der Waals surface area contributed by atoms with E-state index in [4.69, 9.17) is 19.9 Å². The SMILES string of the molecule is c1ccc(-c2cc(-c3ccc(-n4c5ccccc5c5ccccc54)c(-c4nc(-c5ccccc5)cc(-c5cccc(-c6cccc(N7c8ccccc8B8c9ccccc9N(c9ccccc9)c9cccc7c98)c6)c5)n4)c3)nc(-c3ccccc3)n2)cc1. The average molecular weight is 1120 g/mol. The highest BCUT2D eigenvalue weighted by Crippen LogP contribution is 2.45. The Balaban J connectivity index is 0.829. The fraction of sp³-hybridized carbons (Fsp3) is 0. The van der Waals surface area contributed by atoms with Crippen LogP contribution in [0.1, 0.15) is 0 Å². The number of benzene rings is 12. The van der Waals surface area contributed by atoms with E-state index in [1.807, 2.05) is 24.3 Å². The van der Waals surface area contributed by atoms with Crippen LogP contribution >= 0.6 is 0 Å². The molecule has 8 heteroatoms. The van der Waals surface area contributed by atoms with Crippen LogP contribution in [0.25, 0.3) is 106 Å². The second-order valence-electron chi connectivity index (χ2n) is 22.5. The molecule has 0 amide bonds. The van der Waals surface area contributed by atoms with Gasteiger partial charge in [0.2, 0.25) is 0 Å². The Bertz CT molecular complexity index is 5070. The summed E-state index contributed by atoms with van der Waals surface area (Å²) in [6, 6.07) is 112. The lowest BCUT2D eigenvalue weighted by Gasteiger charge is -2.44. The second-order valence-corrected chi connectivity index (χ2v) is 22.5. The molecule has 0 saturated carbocycles. The number of fused-ring (bicyclic) bond motifs is 7. The van der Waals surface area contributed by atoms with Gasteiger partial charge in [0.1, 0.15) is 0 Å². The van der Waals surface area contributed by atoms with E-state index in [0.717, 1.165) is 95.4 Å². The maximum Gasteiger partial charge on any atom is 0.252 e. The van der Waals surface area contributed by atoms with Gasteiger partial charge in [0.25, 0.3) is 6.71 Å². The fourth-order valence-electron chi connectivity index (χ4n) is 13.4. The summed E-state index contributed by atoms with van der Waals surface area (Å²) in [4.78, 5) is 26.6. The lowest BCUT2D eigenvalue weighted by molar-refractivity contribution is 1.13. The highest BCUT2D eigenvalue weighted by Gasteiger charge is 2.43. The van der Waals surface area contributed by atoms with Crippen molar-refractivity contribution in [1.29, 1.82) is 0 Å². The van der Waals surface area contributed by atoms with Gasteiger partial charge < -0.3 is 14.4 Å². The van der Waals surface area contributed by atoms with Crippen molar-refractivity contribution in [2.24, 2.45) is 0 Å². The Labute approximate surface area is 510 Å². The third-order valence-electron chi connectivity index (χ3n) is 17.4. The van der Waals surface area contributed by atoms with E-state index in [0.29, 0.717) is 11.6 Å². The highest BCUT2D eigenvalue weighted by molar-refractivity contribution is 7.00. The molecule has 2 aliphatic rings. The minimum atomic E-state index is 0.0565. The summed E-state index contributed by atoms with van der Waals surface area (Å²) in [5, 5.41) is 2.34. The molecule has 0 bridgehead atoms. The minimum absolute atomic E-state index is 0.0565. The molecule has 0 atom stereocenters. The van der Waals surface area contributed by atoms with Gasteiger partial charge in [-0.05, 0) is 119 Å². The summed E-state index contributed by atoms with van der Waals surface area (Å²) in [6.45, 7) is 0.0565. The zero-order valence-corrected chi connectivity index (χ0v) is 47.7. The Kier molecular flexibility index (Phi) is 12.2. The normalized spacial score (nSPS) is 12.2. The van der Waals surface area contributed by atoms with Crippen LogP contribution < -0.4 is 26.2 Å². The zero-order valence-electron chi connectivity index (χ0n) is 47.7. The number of para-hydroxylation sites is 5. The first-order valence-corrected chi connectivity index (χ1v) is 29.9. The largest absolute Gasteiger partial charge is 0.311 e. The summed E-state index contributed by atoms with van der Waals surface area (Å²) in [5.74, 6) is 1.24. The quantitative estimate of drug-likeness (QED) is 0.127. The number of hydrogen-bond acceptors (Lipinski definition) is 6. The predicted molar refractivity (Wildman–Crippen MR) is 364 cm³/mol. The van der Waals surface area contributed by atoms with Crippen LogP contribution in [0, 0.1) is 0 Å². The molecular weight excluding hydrogens is 1070 g/mol. The molecule has 0 N–H and O–H groups in total. The zero-order chi connectivity index (χ0) is 58.1. The smallest absolute Gasteiger partial charge is 0.252 e. The topological polar surface area (TPSA) is 63.0 Å². The molecule has 0 radical (unpaired) electrons. The van der Waals surface area contributed by atoms with Crippen molar-refractivity contribution in [2.75, 3.05) is 9.80 Å². The van der Waals surface area contributed by atoms with E-state index in [1.54, 1.807) is 0 Å². The molecule has 0 saturated heterocycles. The van der Waals surface area contributed by atoms with Crippen LogP contribution in [0.4, 0.5) is 34.1 Å². The first-order valence-electron chi connectivity index (χ1n) is 29.9. The number of nitrogens with zero attached hydrogens (tertiary/aromatic N) is 7. The molecule has 410 valence electrons. The molecule has 17 rings (SSSR count). The minimum Gasteiger partial charge on any atom is -0.311 e. The molecule has 15 aromatic rings. The monoisotopic (exact) mass is 1120 g/mol. The molecule has 88 heavy (non-hydrogen) atoms. The molecule has 12 aromatic carbocycles. The van der Waals surface area contributed by atoms with Crippen LogP contribution in [0.5, 0.6) is 0 Å². The van der Waals surface area contributed by atoms with Crippen molar-refractivity contribution in [3.05, 3.63) is 315 Å². The first kappa shape index (κ1) is 50.8. The molecule has 0 spiro atoms. The van der Waals surface area contributed by atoms with Crippen LogP contribution in [-0.4, -0.2) is 31.2 Å². The van der Waals surface area contributed by atoms with E-state index in [2.05, 4.69) is 306 Å². The van der Waals surface area contributed by atoms with Crippen LogP contribution in [0.3, 0.4) is 0 Å². The van der Waals surface area contributed by atoms with E-state index < -0.39 is 0 Å². The average Bonchev–Trinajstić information content (AvgIpc) is 1.45. The van der Waals surface area contributed by atoms with E-state index in [-0.39, 0.29) is 6.71 Å². The lowest BCUT2D eigenvalue weighted by atomic mass is 9.33. The van der Waals surface area contributed by atoms with Gasteiger partial charge in [-0.3, -0.25) is 0 Å². The Hall–Kier alpha value is -11.7. The summed E-state index contributed by atoms with van der Waals surface area (Å²) in [5.41, 5.74) is 25.0. The fourth-order valence-corrected chi connectivity index (χ4v) is 13.4. The van der Waals surface area contributed by atoms with E-state index >= 15 is 0 Å². The standard InChI is InChI=1S/C80H52BN7/c1-5-24-53(25-6-1)67-51-70(83-79(82-67)55-28-9-3-10-29-55)59-46-47-73(88-71-40-17-13-36-62(71)63-37-14-18-41-72(63)88)64(50-59)80-84-68(54-26-7-2-8-27-54)52-69(85-80)58-32-21-30-56(48-58)57-31-22-35-61(49-57)87-75-43-20-16-39-66(75)81-65-38-15-19-42-74(65)86(60-33-11-4-12-34-60)76-44-23-45-77(87)78(76)81/h1-52H. The van der Waals surface area contributed by atoms with Crippen molar-refractivity contribution in [3.63, 3.8) is 0 Å². The van der Waals surface area contributed by atoms with Crippen molar-refractivity contribution in [1.82, 2.24) is 24.5 Å². The van der Waals surface area contributed by atoms with Crippen LogP contribution in [0.15, 0.2) is 315 Å². The van der Waals surface area contributed by atoms with E-state index in [1.165, 1.54) is 49.9 Å². The second kappa shape index (κ2) is 21.1. The third-order valence-corrected chi connectivity index (χ3v) is 17.4. The number of hydrogen-bond donors (Lipinski definition) is 0. The Morgan fingerprint density at radius 2 is 0.659 bits per heavy atom. The summed E-state index contributed by atoms with van der Waals surface area (Å²) >= 11 is 0. The molecule has 0 fully saturated rings. The van der Waals surface area contributed by atoms with E-state index in [9.17, 15) is 0 Å². The Morgan fingerprint density at radius 1 is 0.250 bits per heavy atom. The summed E-state index contributed by atoms with van der Waals surface area (Å²) < 4.78 is 2.37. The van der Waals surface area contributed by atoms with Gasteiger partial charge in [-0.15, -0.1) is 0 Å². The molecule has 5 heterocycles. The van der Waals surface area contributed by atoms with Gasteiger partial charge in [-0.25, -0.2) is 19.9 Å². The maximum atomic E-state index is 5.67. The molecular formula is C80H52BN7. The maximum absolute atomic E-state index is 5.67. The van der Waals surface area contributed by atoms with Crippen LogP contribution in [0.2, 0.25) is 0 Å². The number of rotatable bonds is 10. The number of aromatic nitrogens is 5. The molecule has 7 nitrogen and oxygen atoms in total. The molecule has 2 aliphatic heterocycles. The number of anilines is 6. The lowest BCUT2D eigenvalue weighted by Crippen LogP contribution is -2.61. The Morgan fingerprint density at radius 3 is 1.26 bits per heavy atom. The van der Waals surface area contributed by atoms with Crippen molar-refractivity contribution in [2.45, 2.75) is 0 Å². The van der Waals surface area contributed by atoms with Crippen molar-refractivity contribution < 1.29 is 0 Å². The van der Waals surface area contributed by atoms with Gasteiger partial charge in [0, 0.05) is 78.3 Å².